The van der Waals surface area contributed by atoms with E-state index in [-0.39, 0.29) is 0 Å². The number of nitrogens with two attached hydrogens (primary N) is 1. The molecule has 14 heavy (non-hydrogen) atoms. The van der Waals surface area contributed by atoms with E-state index >= 15 is 0 Å². The number of nitrogen functional groups attached to an aromatic ring is 1. The number of nitrogens with zero attached hydrogens (tertiary/aromatic N) is 1. The first-order chi connectivity index (χ1) is 6.81. The first-order valence-electron chi connectivity index (χ1n) is 4.52. The van der Waals surface area contributed by atoms with Crippen molar-refractivity contribution in [3.8, 4) is 18.1 Å². The third-order valence-corrected chi connectivity index (χ3v) is 2.22. The maximum atomic E-state index is 5.71. The van der Waals surface area contributed by atoms with Crippen LogP contribution in [0.5, 0.6) is 5.75 Å². The summed E-state index contributed by atoms with van der Waals surface area (Å²) in [5, 5.41) is 0. The number of hydrogen-bond acceptors (Lipinski definition) is 3. The van der Waals surface area contributed by atoms with Crippen LogP contribution in [-0.2, 0) is 0 Å². The van der Waals surface area contributed by atoms with Crippen LogP contribution in [0.2, 0.25) is 0 Å². The molecule has 0 radical (unpaired) electrons. The molecule has 3 nitrogen and oxygen atoms in total. The first kappa shape index (κ1) is 8.76. The topological polar surface area (TPSA) is 38.5 Å². The molecular weight excluding hydrogens is 176 g/mol. The molecule has 0 saturated heterocycles. The maximum absolute atomic E-state index is 5.71. The van der Waals surface area contributed by atoms with Crippen LogP contribution < -0.4 is 15.4 Å². The number of hydrogen-bond donors (Lipinski definition) is 1. The van der Waals surface area contributed by atoms with Gasteiger partial charge in [-0.3, -0.25) is 0 Å². The maximum Gasteiger partial charge on any atom is 0.142 e. The van der Waals surface area contributed by atoms with Gasteiger partial charge in [-0.05, 0) is 18.2 Å². The smallest absolute Gasteiger partial charge is 0.142 e. The highest BCUT2D eigenvalue weighted by Gasteiger charge is 2.16. The largest absolute Gasteiger partial charge is 0.490 e. The Balaban J connectivity index is 2.37. The first-order valence-corrected chi connectivity index (χ1v) is 4.52. The molecule has 0 aliphatic carbocycles. The monoisotopic (exact) mass is 188 g/mol. The molecular formula is C11H12N2O. The van der Waals surface area contributed by atoms with Crippen LogP contribution in [-0.4, -0.2) is 19.7 Å². The molecule has 3 heteroatoms. The van der Waals surface area contributed by atoms with Crippen molar-refractivity contribution in [1.82, 2.24) is 0 Å². The summed E-state index contributed by atoms with van der Waals surface area (Å²) in [4.78, 5) is 2.09. The highest BCUT2D eigenvalue weighted by atomic mass is 16.5. The highest BCUT2D eigenvalue weighted by Crippen LogP contribution is 2.32. The van der Waals surface area contributed by atoms with Crippen LogP contribution in [0.4, 0.5) is 11.4 Å². The summed E-state index contributed by atoms with van der Waals surface area (Å²) in [7, 11) is 0. The minimum absolute atomic E-state index is 0.597. The van der Waals surface area contributed by atoms with Crippen LogP contribution in [0.25, 0.3) is 0 Å². The van der Waals surface area contributed by atoms with E-state index in [1.54, 1.807) is 0 Å². The molecule has 0 aromatic heterocycles. The molecule has 2 N–H and O–H groups in total. The Kier molecular flexibility index (Phi) is 2.19. The number of benzene rings is 1. The van der Waals surface area contributed by atoms with Crippen LogP contribution >= 0.6 is 0 Å². The van der Waals surface area contributed by atoms with Crippen molar-refractivity contribution in [3.63, 3.8) is 0 Å². The normalized spacial score (nSPS) is 14.1. The molecule has 0 atom stereocenters. The number of rotatable bonds is 1. The van der Waals surface area contributed by atoms with E-state index in [1.807, 2.05) is 18.2 Å². The SMILES string of the molecule is C#CCN1CCOc2ccc(N)cc21. The number of anilines is 2. The quantitative estimate of drug-likeness (QED) is 0.530. The van der Waals surface area contributed by atoms with E-state index in [2.05, 4.69) is 10.8 Å². The van der Waals surface area contributed by atoms with Crippen molar-refractivity contribution in [3.05, 3.63) is 18.2 Å². The van der Waals surface area contributed by atoms with Gasteiger partial charge in [0, 0.05) is 5.69 Å². The summed E-state index contributed by atoms with van der Waals surface area (Å²) in [6.07, 6.45) is 5.29. The van der Waals surface area contributed by atoms with Gasteiger partial charge in [-0.2, -0.15) is 0 Å². The van der Waals surface area contributed by atoms with Gasteiger partial charge in [-0.15, -0.1) is 6.42 Å². The average molecular weight is 188 g/mol. The van der Waals surface area contributed by atoms with E-state index in [1.165, 1.54) is 0 Å². The van der Waals surface area contributed by atoms with Gasteiger partial charge in [-0.1, -0.05) is 5.92 Å². The van der Waals surface area contributed by atoms with E-state index in [4.69, 9.17) is 16.9 Å². The Morgan fingerprint density at radius 3 is 3.21 bits per heavy atom. The Morgan fingerprint density at radius 2 is 2.43 bits per heavy atom. The third kappa shape index (κ3) is 1.47. The van der Waals surface area contributed by atoms with Crippen LogP contribution in [0.15, 0.2) is 18.2 Å². The van der Waals surface area contributed by atoms with Crippen LogP contribution in [0.3, 0.4) is 0 Å². The van der Waals surface area contributed by atoms with Crippen molar-refractivity contribution in [2.75, 3.05) is 30.3 Å². The zero-order valence-corrected chi connectivity index (χ0v) is 7.86. The minimum atomic E-state index is 0.597. The number of terminal acetylenes is 1. The van der Waals surface area contributed by atoms with E-state index in [0.29, 0.717) is 13.2 Å². The Hall–Kier alpha value is -1.82. The standard InChI is InChI=1S/C11H12N2O/c1-2-5-13-6-7-14-11-4-3-9(12)8-10(11)13/h1,3-4,8H,5-7,12H2. The summed E-state index contributed by atoms with van der Waals surface area (Å²) in [6, 6.07) is 5.61. The van der Waals surface area contributed by atoms with Gasteiger partial charge in [0.25, 0.3) is 0 Å². The predicted octanol–water partition coefficient (Wildman–Crippen LogP) is 1.10. The van der Waals surface area contributed by atoms with E-state index < -0.39 is 0 Å². The van der Waals surface area contributed by atoms with Gasteiger partial charge in [0.1, 0.15) is 12.4 Å². The molecule has 0 unspecified atom stereocenters. The second-order valence-electron chi connectivity index (χ2n) is 3.20. The third-order valence-electron chi connectivity index (χ3n) is 2.22. The van der Waals surface area contributed by atoms with Crippen molar-refractivity contribution in [2.45, 2.75) is 0 Å². The molecule has 72 valence electrons. The molecule has 1 aromatic rings. The van der Waals surface area contributed by atoms with Crippen LogP contribution in [0.1, 0.15) is 0 Å². The lowest BCUT2D eigenvalue weighted by Crippen LogP contribution is -2.32. The predicted molar refractivity (Wildman–Crippen MR) is 57.4 cm³/mol. The summed E-state index contributed by atoms with van der Waals surface area (Å²) in [6.45, 7) is 2.10. The minimum Gasteiger partial charge on any atom is -0.490 e. The Labute approximate surface area is 83.5 Å². The average Bonchev–Trinajstić information content (AvgIpc) is 2.19. The summed E-state index contributed by atoms with van der Waals surface area (Å²) in [5.74, 6) is 3.49. The van der Waals surface area contributed by atoms with Gasteiger partial charge in [0.05, 0.1) is 18.8 Å². The second kappa shape index (κ2) is 3.51. The zero-order chi connectivity index (χ0) is 9.97. The molecule has 0 amide bonds. The molecule has 1 heterocycles. The lowest BCUT2D eigenvalue weighted by Gasteiger charge is -2.29. The zero-order valence-electron chi connectivity index (χ0n) is 7.86. The molecule has 1 aliphatic rings. The summed E-state index contributed by atoms with van der Waals surface area (Å²) in [5.41, 5.74) is 7.43. The van der Waals surface area contributed by atoms with Crippen molar-refractivity contribution >= 4 is 11.4 Å². The molecule has 0 saturated carbocycles. The van der Waals surface area contributed by atoms with E-state index in [0.717, 1.165) is 23.7 Å². The van der Waals surface area contributed by atoms with Crippen molar-refractivity contribution < 1.29 is 4.74 Å². The molecule has 1 aromatic carbocycles. The summed E-state index contributed by atoms with van der Waals surface area (Å²) >= 11 is 0. The number of ether oxygens (including phenoxy) is 1. The number of fused-ring (bicyclic) bond motifs is 1. The van der Waals surface area contributed by atoms with Gasteiger partial charge in [-0.25, -0.2) is 0 Å². The van der Waals surface area contributed by atoms with Gasteiger partial charge in [0.15, 0.2) is 0 Å². The van der Waals surface area contributed by atoms with Crippen LogP contribution in [0, 0.1) is 12.3 Å². The van der Waals surface area contributed by atoms with Gasteiger partial charge >= 0.3 is 0 Å². The second-order valence-corrected chi connectivity index (χ2v) is 3.20. The molecule has 1 aliphatic heterocycles. The van der Waals surface area contributed by atoms with Crippen molar-refractivity contribution in [1.29, 1.82) is 0 Å². The van der Waals surface area contributed by atoms with Gasteiger partial charge < -0.3 is 15.4 Å². The fourth-order valence-electron chi connectivity index (χ4n) is 1.56. The lowest BCUT2D eigenvalue weighted by molar-refractivity contribution is 0.310. The fourth-order valence-corrected chi connectivity index (χ4v) is 1.56. The molecule has 0 spiro atoms. The van der Waals surface area contributed by atoms with Gasteiger partial charge in [0.2, 0.25) is 0 Å². The summed E-state index contributed by atoms with van der Waals surface area (Å²) < 4.78 is 5.49. The molecule has 0 fully saturated rings. The fraction of sp³-hybridized carbons (Fsp3) is 0.273. The van der Waals surface area contributed by atoms with Crippen molar-refractivity contribution in [2.24, 2.45) is 0 Å². The molecule has 2 rings (SSSR count). The Bertz CT molecular complexity index is 381. The van der Waals surface area contributed by atoms with E-state index in [9.17, 15) is 0 Å². The Morgan fingerprint density at radius 1 is 1.57 bits per heavy atom. The molecule has 0 bridgehead atoms. The highest BCUT2D eigenvalue weighted by molar-refractivity contribution is 5.66. The lowest BCUT2D eigenvalue weighted by atomic mass is 10.2.